The summed E-state index contributed by atoms with van der Waals surface area (Å²) >= 11 is 0. The molecule has 12 heteroatoms. The van der Waals surface area contributed by atoms with Crippen molar-refractivity contribution < 1.29 is 33.3 Å². The molecule has 1 fully saturated rings. The predicted octanol–water partition coefficient (Wildman–Crippen LogP) is 2.24. The van der Waals surface area contributed by atoms with Crippen LogP contribution in [0, 0.1) is 5.82 Å². The minimum Gasteiger partial charge on any atom is -0.484 e. The number of nitrogens with zero attached hydrogens (tertiary/aromatic N) is 5. The maximum atomic E-state index is 15.0. The van der Waals surface area contributed by atoms with Gasteiger partial charge in [0, 0.05) is 49.8 Å². The van der Waals surface area contributed by atoms with Gasteiger partial charge in [-0.05, 0) is 31.4 Å². The third kappa shape index (κ3) is 4.50. The average Bonchev–Trinajstić information content (AvgIpc) is 2.91. The number of carbonyl (C=O) groups excluding carboxylic acids is 1. The first kappa shape index (κ1) is 23.7. The number of anilines is 1. The molecule has 2 amide bonds. The fourth-order valence-electron chi connectivity index (χ4n) is 5.76. The lowest BCUT2D eigenvalue weighted by Gasteiger charge is -2.42. The maximum Gasteiger partial charge on any atom is 0.407 e. The SMILES string of the molecule is O=C1COc2ccc(F)c3c2N1CCC3CN1CCC(N(Cc2cc3c(nn2)OCCO3)C(=O)O)CC1. The van der Waals surface area contributed by atoms with Crippen LogP contribution in [0.5, 0.6) is 17.4 Å². The van der Waals surface area contributed by atoms with E-state index in [1.165, 1.54) is 11.0 Å². The number of carboxylic acid groups (broad SMARTS) is 1. The monoisotopic (exact) mass is 513 g/mol. The number of likely N-dealkylation sites (tertiary alicyclic amines) is 1. The van der Waals surface area contributed by atoms with E-state index >= 15 is 0 Å². The van der Waals surface area contributed by atoms with E-state index in [1.807, 2.05) is 0 Å². The first-order valence-electron chi connectivity index (χ1n) is 12.6. The minimum atomic E-state index is -1.01. The summed E-state index contributed by atoms with van der Waals surface area (Å²) in [7, 11) is 0. The summed E-state index contributed by atoms with van der Waals surface area (Å²) in [6, 6.07) is 4.52. The van der Waals surface area contributed by atoms with Crippen LogP contribution in [-0.4, -0.2) is 89.1 Å². The molecule has 1 saturated heterocycles. The molecule has 5 heterocycles. The number of ether oxygens (including phenoxy) is 3. The Labute approximate surface area is 212 Å². The Balaban J connectivity index is 1.11. The number of rotatable bonds is 5. The lowest BCUT2D eigenvalue weighted by atomic mass is 9.87. The summed E-state index contributed by atoms with van der Waals surface area (Å²) in [6.07, 6.45) is 0.966. The largest absolute Gasteiger partial charge is 0.484 e. The second kappa shape index (κ2) is 9.66. The van der Waals surface area contributed by atoms with E-state index in [2.05, 4.69) is 15.1 Å². The molecule has 6 rings (SSSR count). The smallest absolute Gasteiger partial charge is 0.407 e. The highest BCUT2D eigenvalue weighted by Crippen LogP contribution is 2.45. The number of fused-ring (bicyclic) bond motifs is 1. The second-order valence-electron chi connectivity index (χ2n) is 9.77. The van der Waals surface area contributed by atoms with Crippen LogP contribution in [0.4, 0.5) is 14.9 Å². The van der Waals surface area contributed by atoms with Crippen LogP contribution >= 0.6 is 0 Å². The Hall–Kier alpha value is -3.67. The van der Waals surface area contributed by atoms with Crippen LogP contribution in [-0.2, 0) is 11.3 Å². The van der Waals surface area contributed by atoms with Crippen LogP contribution in [0.3, 0.4) is 0 Å². The molecule has 4 aliphatic heterocycles. The van der Waals surface area contributed by atoms with Crippen LogP contribution in [0.2, 0.25) is 0 Å². The normalized spacial score (nSPS) is 21.3. The van der Waals surface area contributed by atoms with Gasteiger partial charge in [-0.15, -0.1) is 10.2 Å². The highest BCUT2D eigenvalue weighted by molar-refractivity contribution is 5.99. The van der Waals surface area contributed by atoms with E-state index < -0.39 is 6.09 Å². The van der Waals surface area contributed by atoms with Gasteiger partial charge >= 0.3 is 6.09 Å². The van der Waals surface area contributed by atoms with Crippen LogP contribution in [0.15, 0.2) is 18.2 Å². The van der Waals surface area contributed by atoms with Crippen molar-refractivity contribution in [3.8, 4) is 17.4 Å². The molecule has 0 radical (unpaired) electrons. The van der Waals surface area contributed by atoms with Crippen molar-refractivity contribution in [3.63, 3.8) is 0 Å². The van der Waals surface area contributed by atoms with Gasteiger partial charge in [0.05, 0.1) is 17.9 Å². The summed E-state index contributed by atoms with van der Waals surface area (Å²) in [6.45, 7) is 3.47. The molecule has 1 aromatic carbocycles. The van der Waals surface area contributed by atoms with Crippen molar-refractivity contribution in [2.24, 2.45) is 0 Å². The molecule has 1 N–H and O–H groups in total. The molecule has 37 heavy (non-hydrogen) atoms. The standard InChI is InChI=1S/C25H28FN5O6/c26-18-1-2-19-23-22(18)15(3-8-30(23)21(32)14-37-19)12-29-6-4-17(5-7-29)31(25(33)34)13-16-11-20-24(28-27-16)36-10-9-35-20/h1-2,11,15,17H,3-10,12-14H2,(H,33,34). The number of aromatic nitrogens is 2. The Kier molecular flexibility index (Phi) is 6.19. The van der Waals surface area contributed by atoms with Crippen LogP contribution in [0.25, 0.3) is 0 Å². The number of piperidine rings is 1. The van der Waals surface area contributed by atoms with E-state index in [-0.39, 0.29) is 36.8 Å². The Bertz CT molecular complexity index is 1220. The fraction of sp³-hybridized carbons (Fsp3) is 0.520. The zero-order chi connectivity index (χ0) is 25.5. The highest BCUT2D eigenvalue weighted by atomic mass is 19.1. The Morgan fingerprint density at radius 2 is 1.89 bits per heavy atom. The van der Waals surface area contributed by atoms with Gasteiger partial charge in [-0.1, -0.05) is 0 Å². The van der Waals surface area contributed by atoms with E-state index in [4.69, 9.17) is 14.2 Å². The van der Waals surface area contributed by atoms with Crippen molar-refractivity contribution in [2.45, 2.75) is 37.8 Å². The number of benzene rings is 1. The Morgan fingerprint density at radius 3 is 2.70 bits per heavy atom. The minimum absolute atomic E-state index is 0.0197. The third-order valence-corrected chi connectivity index (χ3v) is 7.57. The van der Waals surface area contributed by atoms with Crippen molar-refractivity contribution in [2.75, 3.05) is 50.9 Å². The molecule has 1 aromatic heterocycles. The van der Waals surface area contributed by atoms with Gasteiger partial charge in [0.25, 0.3) is 11.8 Å². The molecule has 0 saturated carbocycles. The van der Waals surface area contributed by atoms with E-state index in [1.54, 1.807) is 17.0 Å². The van der Waals surface area contributed by atoms with Gasteiger partial charge in [-0.3, -0.25) is 9.69 Å². The second-order valence-corrected chi connectivity index (χ2v) is 9.77. The third-order valence-electron chi connectivity index (χ3n) is 7.57. The summed E-state index contributed by atoms with van der Waals surface area (Å²) < 4.78 is 31.5. The van der Waals surface area contributed by atoms with Gasteiger partial charge in [-0.2, -0.15) is 0 Å². The van der Waals surface area contributed by atoms with Gasteiger partial charge in [0.1, 0.15) is 24.8 Å². The summed E-state index contributed by atoms with van der Waals surface area (Å²) in [5, 5.41) is 18.0. The summed E-state index contributed by atoms with van der Waals surface area (Å²) in [4.78, 5) is 29.8. The lowest BCUT2D eigenvalue weighted by molar-refractivity contribution is -0.121. The molecule has 0 spiro atoms. The molecule has 11 nitrogen and oxygen atoms in total. The van der Waals surface area contributed by atoms with Gasteiger partial charge < -0.3 is 29.1 Å². The van der Waals surface area contributed by atoms with Gasteiger partial charge in [-0.25, -0.2) is 9.18 Å². The van der Waals surface area contributed by atoms with Gasteiger partial charge in [0.2, 0.25) is 0 Å². The number of carbonyl (C=O) groups is 2. The number of hydrogen-bond donors (Lipinski definition) is 1. The van der Waals surface area contributed by atoms with Crippen LogP contribution < -0.4 is 19.1 Å². The van der Waals surface area contributed by atoms with Crippen molar-refractivity contribution in [1.29, 1.82) is 0 Å². The van der Waals surface area contributed by atoms with E-state index in [0.717, 1.165) is 0 Å². The van der Waals surface area contributed by atoms with Crippen molar-refractivity contribution >= 4 is 17.7 Å². The fourth-order valence-corrected chi connectivity index (χ4v) is 5.76. The molecule has 196 valence electrons. The average molecular weight is 514 g/mol. The molecule has 0 aliphatic carbocycles. The van der Waals surface area contributed by atoms with E-state index in [0.29, 0.717) is 93.0 Å². The molecule has 4 aliphatic rings. The number of halogens is 1. The Morgan fingerprint density at radius 1 is 1.08 bits per heavy atom. The maximum absolute atomic E-state index is 15.0. The number of hydrogen-bond acceptors (Lipinski definition) is 8. The van der Waals surface area contributed by atoms with Gasteiger partial charge in [0.15, 0.2) is 12.4 Å². The number of amides is 2. The predicted molar refractivity (Wildman–Crippen MR) is 128 cm³/mol. The molecular weight excluding hydrogens is 485 g/mol. The van der Waals surface area contributed by atoms with E-state index in [9.17, 15) is 19.1 Å². The molecule has 1 unspecified atom stereocenters. The lowest BCUT2D eigenvalue weighted by Crippen LogP contribution is -2.48. The van der Waals surface area contributed by atoms with Crippen molar-refractivity contribution in [1.82, 2.24) is 20.0 Å². The topological polar surface area (TPSA) is 118 Å². The summed E-state index contributed by atoms with van der Waals surface area (Å²) in [5.41, 5.74) is 1.62. The molecular formula is C25H28FN5O6. The quantitative estimate of drug-likeness (QED) is 0.642. The summed E-state index contributed by atoms with van der Waals surface area (Å²) in [5.74, 6) is 0.821. The highest BCUT2D eigenvalue weighted by Gasteiger charge is 2.38. The zero-order valence-corrected chi connectivity index (χ0v) is 20.3. The van der Waals surface area contributed by atoms with Crippen molar-refractivity contribution in [3.05, 3.63) is 35.3 Å². The van der Waals surface area contributed by atoms with Crippen LogP contribution in [0.1, 0.15) is 36.4 Å². The first-order chi connectivity index (χ1) is 18.0. The first-order valence-corrected chi connectivity index (χ1v) is 12.6. The molecule has 2 aromatic rings. The zero-order valence-electron chi connectivity index (χ0n) is 20.3. The molecule has 0 bridgehead atoms. The molecule has 1 atom stereocenters.